The molecular formula is C11H17N3OS. The van der Waals surface area contributed by atoms with Crippen LogP contribution in [0.5, 0.6) is 0 Å². The van der Waals surface area contributed by atoms with Gasteiger partial charge in [0.05, 0.1) is 5.69 Å². The van der Waals surface area contributed by atoms with E-state index < -0.39 is 10.8 Å². The Hall–Kier alpha value is -1.10. The summed E-state index contributed by atoms with van der Waals surface area (Å²) in [7, 11) is -0.620. The van der Waals surface area contributed by atoms with Crippen molar-refractivity contribution < 1.29 is 4.21 Å². The second-order valence-corrected chi connectivity index (χ2v) is 5.91. The monoisotopic (exact) mass is 239 g/mol. The fourth-order valence-corrected chi connectivity index (χ4v) is 3.14. The molecule has 0 radical (unpaired) electrons. The lowest BCUT2D eigenvalue weighted by atomic mass is 10.1. The third-order valence-electron chi connectivity index (χ3n) is 2.78. The van der Waals surface area contributed by atoms with Crippen molar-refractivity contribution in [1.82, 2.24) is 4.98 Å². The molecule has 3 N–H and O–H groups in total. The second kappa shape index (κ2) is 4.82. The van der Waals surface area contributed by atoms with Gasteiger partial charge >= 0.3 is 0 Å². The topological polar surface area (TPSA) is 68.0 Å². The van der Waals surface area contributed by atoms with E-state index in [2.05, 4.69) is 10.3 Å². The number of pyridine rings is 1. The van der Waals surface area contributed by atoms with Crippen molar-refractivity contribution >= 4 is 22.3 Å². The van der Waals surface area contributed by atoms with Gasteiger partial charge in [0.15, 0.2) is 0 Å². The Kier molecular flexibility index (Phi) is 3.43. The van der Waals surface area contributed by atoms with Gasteiger partial charge in [-0.3, -0.25) is 4.21 Å². The number of anilines is 2. The number of nitrogens with zero attached hydrogens (tertiary/aromatic N) is 1. The number of hydrogen-bond donors (Lipinski definition) is 2. The number of hydrogen-bond acceptors (Lipinski definition) is 4. The molecule has 1 aromatic rings. The SMILES string of the molecule is Cc1cnc(NC2CCS(=O)CC2)c(N)c1. The summed E-state index contributed by atoms with van der Waals surface area (Å²) >= 11 is 0. The maximum Gasteiger partial charge on any atom is 0.149 e. The standard InChI is InChI=1S/C11H17N3OS/c1-8-6-10(12)11(13-7-8)14-9-2-4-16(15)5-3-9/h6-7,9H,2-5,12H2,1H3,(H,13,14). The van der Waals surface area contributed by atoms with Crippen LogP contribution in [0, 0.1) is 6.92 Å². The van der Waals surface area contributed by atoms with Gasteiger partial charge in [0.2, 0.25) is 0 Å². The van der Waals surface area contributed by atoms with E-state index in [4.69, 9.17) is 5.73 Å². The number of nitrogens with one attached hydrogen (secondary N) is 1. The molecule has 0 aliphatic carbocycles. The maximum atomic E-state index is 11.2. The van der Waals surface area contributed by atoms with Gasteiger partial charge in [-0.15, -0.1) is 0 Å². The number of aryl methyl sites for hydroxylation is 1. The largest absolute Gasteiger partial charge is 0.396 e. The summed E-state index contributed by atoms with van der Waals surface area (Å²) in [6.45, 7) is 1.97. The van der Waals surface area contributed by atoms with E-state index in [1.807, 2.05) is 13.0 Å². The van der Waals surface area contributed by atoms with Gasteiger partial charge in [-0.2, -0.15) is 0 Å². The minimum atomic E-state index is -0.620. The first-order chi connectivity index (χ1) is 7.65. The zero-order chi connectivity index (χ0) is 11.5. The van der Waals surface area contributed by atoms with Crippen LogP contribution in [-0.4, -0.2) is 26.7 Å². The first-order valence-electron chi connectivity index (χ1n) is 5.49. The van der Waals surface area contributed by atoms with E-state index >= 15 is 0 Å². The zero-order valence-corrected chi connectivity index (χ0v) is 10.2. The van der Waals surface area contributed by atoms with Gasteiger partial charge in [-0.05, 0) is 31.4 Å². The highest BCUT2D eigenvalue weighted by Crippen LogP contribution is 2.20. The Morgan fingerprint density at radius 2 is 2.19 bits per heavy atom. The summed E-state index contributed by atoms with van der Waals surface area (Å²) < 4.78 is 11.2. The molecule has 0 unspecified atom stereocenters. The molecule has 2 rings (SSSR count). The summed E-state index contributed by atoms with van der Waals surface area (Å²) in [5.41, 5.74) is 7.63. The second-order valence-electron chi connectivity index (χ2n) is 4.22. The molecule has 4 nitrogen and oxygen atoms in total. The molecule has 88 valence electrons. The maximum absolute atomic E-state index is 11.2. The van der Waals surface area contributed by atoms with E-state index in [1.54, 1.807) is 6.20 Å². The zero-order valence-electron chi connectivity index (χ0n) is 9.40. The lowest BCUT2D eigenvalue weighted by Crippen LogP contribution is -2.30. The van der Waals surface area contributed by atoms with Crippen molar-refractivity contribution in [3.63, 3.8) is 0 Å². The molecule has 1 aromatic heterocycles. The van der Waals surface area contributed by atoms with Crippen molar-refractivity contribution in [2.45, 2.75) is 25.8 Å². The first-order valence-corrected chi connectivity index (χ1v) is 6.97. The normalized spacial score (nSPS) is 25.3. The van der Waals surface area contributed by atoms with E-state index in [1.165, 1.54) is 0 Å². The molecule has 0 bridgehead atoms. The van der Waals surface area contributed by atoms with Gasteiger partial charge < -0.3 is 11.1 Å². The van der Waals surface area contributed by atoms with E-state index in [0.29, 0.717) is 11.7 Å². The van der Waals surface area contributed by atoms with Crippen LogP contribution >= 0.6 is 0 Å². The van der Waals surface area contributed by atoms with Crippen molar-refractivity contribution in [3.05, 3.63) is 17.8 Å². The van der Waals surface area contributed by atoms with Crippen LogP contribution in [0.15, 0.2) is 12.3 Å². The van der Waals surface area contributed by atoms with Crippen LogP contribution in [0.1, 0.15) is 18.4 Å². The summed E-state index contributed by atoms with van der Waals surface area (Å²) in [5.74, 6) is 2.32. The van der Waals surface area contributed by atoms with Crippen molar-refractivity contribution in [1.29, 1.82) is 0 Å². The first kappa shape index (κ1) is 11.4. The van der Waals surface area contributed by atoms with Crippen molar-refractivity contribution in [3.8, 4) is 0 Å². The predicted octanol–water partition coefficient (Wildman–Crippen LogP) is 1.30. The third-order valence-corrected chi connectivity index (χ3v) is 4.16. The van der Waals surface area contributed by atoms with Crippen LogP contribution in [0.2, 0.25) is 0 Å². The number of rotatable bonds is 2. The van der Waals surface area contributed by atoms with Crippen molar-refractivity contribution in [2.75, 3.05) is 22.6 Å². The van der Waals surface area contributed by atoms with Gasteiger partial charge in [-0.1, -0.05) is 0 Å². The van der Waals surface area contributed by atoms with Gasteiger partial charge in [-0.25, -0.2) is 4.98 Å². The summed E-state index contributed by atoms with van der Waals surface area (Å²) in [5, 5.41) is 3.33. The fourth-order valence-electron chi connectivity index (χ4n) is 1.84. The van der Waals surface area contributed by atoms with E-state index in [-0.39, 0.29) is 0 Å². The van der Waals surface area contributed by atoms with Crippen LogP contribution in [-0.2, 0) is 10.8 Å². The fraction of sp³-hybridized carbons (Fsp3) is 0.545. The highest BCUT2D eigenvalue weighted by molar-refractivity contribution is 7.85. The number of nitrogens with two attached hydrogens (primary N) is 1. The Morgan fingerprint density at radius 1 is 1.50 bits per heavy atom. The number of aromatic nitrogens is 1. The summed E-state index contributed by atoms with van der Waals surface area (Å²) in [6, 6.07) is 2.27. The summed E-state index contributed by atoms with van der Waals surface area (Å²) in [6.07, 6.45) is 3.67. The molecule has 2 heterocycles. The molecule has 16 heavy (non-hydrogen) atoms. The molecular weight excluding hydrogens is 222 g/mol. The molecule has 0 spiro atoms. The minimum absolute atomic E-state index is 0.357. The molecule has 1 aliphatic heterocycles. The molecule has 1 fully saturated rings. The van der Waals surface area contributed by atoms with Crippen LogP contribution < -0.4 is 11.1 Å². The predicted molar refractivity (Wildman–Crippen MR) is 67.9 cm³/mol. The average molecular weight is 239 g/mol. The van der Waals surface area contributed by atoms with Crippen molar-refractivity contribution in [2.24, 2.45) is 0 Å². The Labute approximate surface area is 98.1 Å². The lowest BCUT2D eigenvalue weighted by molar-refractivity contribution is 0.623. The molecule has 1 aliphatic rings. The average Bonchev–Trinajstić information content (AvgIpc) is 2.25. The molecule has 0 atom stereocenters. The highest BCUT2D eigenvalue weighted by atomic mass is 32.2. The van der Waals surface area contributed by atoms with E-state index in [0.717, 1.165) is 35.7 Å². The van der Waals surface area contributed by atoms with Crippen LogP contribution in [0.25, 0.3) is 0 Å². The molecule has 5 heteroatoms. The smallest absolute Gasteiger partial charge is 0.149 e. The molecule has 1 saturated heterocycles. The van der Waals surface area contributed by atoms with Gasteiger partial charge in [0.25, 0.3) is 0 Å². The van der Waals surface area contributed by atoms with E-state index in [9.17, 15) is 4.21 Å². The van der Waals surface area contributed by atoms with Crippen LogP contribution in [0.3, 0.4) is 0 Å². The van der Waals surface area contributed by atoms with Gasteiger partial charge in [0, 0.05) is 34.5 Å². The Morgan fingerprint density at radius 3 is 2.81 bits per heavy atom. The molecule has 0 aromatic carbocycles. The van der Waals surface area contributed by atoms with Gasteiger partial charge in [0.1, 0.15) is 5.82 Å². The van der Waals surface area contributed by atoms with Crippen LogP contribution in [0.4, 0.5) is 11.5 Å². The minimum Gasteiger partial charge on any atom is -0.396 e. The lowest BCUT2D eigenvalue weighted by Gasteiger charge is -2.23. The number of nitrogen functional groups attached to an aromatic ring is 1. The highest BCUT2D eigenvalue weighted by Gasteiger charge is 2.18. The Bertz CT molecular complexity index is 398. The molecule has 0 amide bonds. The summed E-state index contributed by atoms with van der Waals surface area (Å²) in [4.78, 5) is 4.28. The quantitative estimate of drug-likeness (QED) is 0.816. The third kappa shape index (κ3) is 2.72. The Balaban J connectivity index is 2.01. The molecule has 0 saturated carbocycles.